The number of hydrogen-bond donors (Lipinski definition) is 2. The summed E-state index contributed by atoms with van der Waals surface area (Å²) in [5.74, 6) is -0.587. The van der Waals surface area contributed by atoms with Gasteiger partial charge in [-0.2, -0.15) is 0 Å². The van der Waals surface area contributed by atoms with E-state index in [4.69, 9.17) is 9.47 Å². The van der Waals surface area contributed by atoms with Gasteiger partial charge in [0.05, 0.1) is 0 Å². The molecule has 7 heteroatoms. The summed E-state index contributed by atoms with van der Waals surface area (Å²) in [5, 5.41) is 6.71. The lowest BCUT2D eigenvalue weighted by Gasteiger charge is -2.32. The Morgan fingerprint density at radius 1 is 1.03 bits per heavy atom. The number of benzene rings is 1. The van der Waals surface area contributed by atoms with E-state index in [1.807, 2.05) is 51.1 Å². The molecule has 1 aliphatic rings. The quantitative estimate of drug-likeness (QED) is 0.669. The number of ether oxygens (including phenoxy) is 2. The fraction of sp³-hybridized carbons (Fsp3) is 0.636. The molecule has 1 fully saturated rings. The molecule has 29 heavy (non-hydrogen) atoms. The maximum absolute atomic E-state index is 12.9. The van der Waals surface area contributed by atoms with Crippen molar-refractivity contribution in [3.05, 3.63) is 35.9 Å². The SMILES string of the molecule is CC(C)(C)OC(=O)C(CCC(=O)OCc1ccccc1)N1CCNCCNCC1. The summed E-state index contributed by atoms with van der Waals surface area (Å²) in [6.07, 6.45) is 0.552. The minimum Gasteiger partial charge on any atom is -0.461 e. The molecule has 0 radical (unpaired) electrons. The molecule has 7 nitrogen and oxygen atoms in total. The van der Waals surface area contributed by atoms with Crippen molar-refractivity contribution in [1.82, 2.24) is 15.5 Å². The van der Waals surface area contributed by atoms with Crippen molar-refractivity contribution in [3.63, 3.8) is 0 Å². The highest BCUT2D eigenvalue weighted by Gasteiger charge is 2.31. The molecule has 2 N–H and O–H groups in total. The second-order valence-corrected chi connectivity index (χ2v) is 8.27. The van der Waals surface area contributed by atoms with Crippen molar-refractivity contribution in [2.24, 2.45) is 0 Å². The van der Waals surface area contributed by atoms with Crippen molar-refractivity contribution in [2.75, 3.05) is 39.3 Å². The fourth-order valence-electron chi connectivity index (χ4n) is 3.18. The van der Waals surface area contributed by atoms with Crippen molar-refractivity contribution in [2.45, 2.75) is 51.9 Å². The zero-order valence-electron chi connectivity index (χ0n) is 17.9. The Hall–Kier alpha value is -1.96. The first-order chi connectivity index (χ1) is 13.8. The highest BCUT2D eigenvalue weighted by molar-refractivity contribution is 5.77. The highest BCUT2D eigenvalue weighted by atomic mass is 16.6. The van der Waals surface area contributed by atoms with Crippen LogP contribution in [0.3, 0.4) is 0 Å². The van der Waals surface area contributed by atoms with Crippen LogP contribution in [-0.4, -0.2) is 67.7 Å². The van der Waals surface area contributed by atoms with Crippen LogP contribution in [0.1, 0.15) is 39.2 Å². The van der Waals surface area contributed by atoms with Gasteiger partial charge in [0.25, 0.3) is 0 Å². The van der Waals surface area contributed by atoms with Crippen LogP contribution in [0, 0.1) is 0 Å². The largest absolute Gasteiger partial charge is 0.461 e. The summed E-state index contributed by atoms with van der Waals surface area (Å²) in [6.45, 7) is 10.7. The smallest absolute Gasteiger partial charge is 0.323 e. The van der Waals surface area contributed by atoms with Gasteiger partial charge in [-0.3, -0.25) is 14.5 Å². The van der Waals surface area contributed by atoms with Crippen molar-refractivity contribution < 1.29 is 19.1 Å². The van der Waals surface area contributed by atoms with E-state index < -0.39 is 11.6 Å². The third-order valence-corrected chi connectivity index (χ3v) is 4.61. The van der Waals surface area contributed by atoms with Crippen LogP contribution < -0.4 is 10.6 Å². The van der Waals surface area contributed by atoms with Crippen LogP contribution in [0.15, 0.2) is 30.3 Å². The molecule has 1 aromatic rings. The van der Waals surface area contributed by atoms with Gasteiger partial charge >= 0.3 is 11.9 Å². The Kier molecular flexibility index (Phi) is 9.57. The normalized spacial score (nSPS) is 17.5. The predicted molar refractivity (Wildman–Crippen MR) is 112 cm³/mol. The number of carbonyl (C=O) groups excluding carboxylic acids is 2. The maximum atomic E-state index is 12.9. The third-order valence-electron chi connectivity index (χ3n) is 4.61. The van der Waals surface area contributed by atoms with Crippen LogP contribution >= 0.6 is 0 Å². The fourth-order valence-corrected chi connectivity index (χ4v) is 3.18. The molecule has 162 valence electrons. The van der Waals surface area contributed by atoms with Gasteiger partial charge in [-0.25, -0.2) is 0 Å². The Labute approximate surface area is 174 Å². The van der Waals surface area contributed by atoms with Crippen molar-refractivity contribution >= 4 is 11.9 Å². The van der Waals surface area contributed by atoms with Crippen LogP contribution in [0.5, 0.6) is 0 Å². The minimum atomic E-state index is -0.570. The van der Waals surface area contributed by atoms with Gasteiger partial charge in [0, 0.05) is 45.7 Å². The Morgan fingerprint density at radius 3 is 2.24 bits per heavy atom. The van der Waals surface area contributed by atoms with E-state index in [0.29, 0.717) is 6.42 Å². The molecule has 1 aromatic carbocycles. The summed E-state index contributed by atoms with van der Waals surface area (Å²) >= 11 is 0. The Morgan fingerprint density at radius 2 is 1.66 bits per heavy atom. The molecular formula is C22H35N3O4. The standard InChI is InChI=1S/C22H35N3O4/c1-22(2,3)29-21(27)19(25-15-13-23-11-12-24-14-16-25)9-10-20(26)28-17-18-7-5-4-6-8-18/h4-8,19,23-24H,9-17H2,1-3H3. The summed E-state index contributed by atoms with van der Waals surface area (Å²) in [7, 11) is 0. The molecule has 2 rings (SSSR count). The van der Waals surface area contributed by atoms with Gasteiger partial charge in [0.1, 0.15) is 18.2 Å². The van der Waals surface area contributed by atoms with E-state index in [2.05, 4.69) is 15.5 Å². The molecule has 1 aliphatic heterocycles. The molecule has 0 saturated carbocycles. The van der Waals surface area contributed by atoms with Gasteiger partial charge in [0.15, 0.2) is 0 Å². The summed E-state index contributed by atoms with van der Waals surface area (Å²) < 4.78 is 11.0. The third kappa shape index (κ3) is 9.39. The van der Waals surface area contributed by atoms with Gasteiger partial charge < -0.3 is 20.1 Å². The van der Waals surface area contributed by atoms with Gasteiger partial charge in [-0.15, -0.1) is 0 Å². The molecule has 0 amide bonds. The monoisotopic (exact) mass is 405 g/mol. The highest BCUT2D eigenvalue weighted by Crippen LogP contribution is 2.16. The second kappa shape index (κ2) is 11.9. The molecule has 0 aliphatic carbocycles. The van der Waals surface area contributed by atoms with E-state index >= 15 is 0 Å². The van der Waals surface area contributed by atoms with Crippen LogP contribution in [-0.2, 0) is 25.7 Å². The van der Waals surface area contributed by atoms with Gasteiger partial charge in [-0.1, -0.05) is 30.3 Å². The number of hydrogen-bond acceptors (Lipinski definition) is 7. The van der Waals surface area contributed by atoms with E-state index in [1.54, 1.807) is 0 Å². The first kappa shape index (κ1) is 23.3. The number of carbonyl (C=O) groups is 2. The van der Waals surface area contributed by atoms with Crippen molar-refractivity contribution in [3.8, 4) is 0 Å². The molecule has 1 heterocycles. The van der Waals surface area contributed by atoms with Crippen LogP contribution in [0.25, 0.3) is 0 Å². The zero-order chi connectivity index (χ0) is 21.1. The number of rotatable bonds is 7. The van der Waals surface area contributed by atoms with Crippen LogP contribution in [0.4, 0.5) is 0 Å². The first-order valence-electron chi connectivity index (χ1n) is 10.4. The van der Waals surface area contributed by atoms with Crippen molar-refractivity contribution in [1.29, 1.82) is 0 Å². The molecule has 0 spiro atoms. The van der Waals surface area contributed by atoms with E-state index in [0.717, 1.165) is 44.8 Å². The van der Waals surface area contributed by atoms with E-state index in [-0.39, 0.29) is 25.0 Å². The summed E-state index contributed by atoms with van der Waals surface area (Å²) in [5.41, 5.74) is 0.376. The Bertz CT molecular complexity index is 621. The molecule has 0 aromatic heterocycles. The average molecular weight is 406 g/mol. The van der Waals surface area contributed by atoms with Gasteiger partial charge in [0.2, 0.25) is 0 Å². The molecule has 0 bridgehead atoms. The zero-order valence-corrected chi connectivity index (χ0v) is 17.9. The Balaban J connectivity index is 1.95. The molecular weight excluding hydrogens is 370 g/mol. The average Bonchev–Trinajstić information content (AvgIpc) is 2.80. The minimum absolute atomic E-state index is 0.175. The number of nitrogens with zero attached hydrogens (tertiary/aromatic N) is 1. The topological polar surface area (TPSA) is 79.9 Å². The molecule has 1 unspecified atom stereocenters. The lowest BCUT2D eigenvalue weighted by atomic mass is 10.1. The maximum Gasteiger partial charge on any atom is 0.323 e. The predicted octanol–water partition coefficient (Wildman–Crippen LogP) is 1.72. The summed E-state index contributed by atoms with van der Waals surface area (Å²) in [6, 6.07) is 9.11. The molecule has 1 atom stereocenters. The van der Waals surface area contributed by atoms with E-state index in [1.165, 1.54) is 0 Å². The van der Waals surface area contributed by atoms with Crippen LogP contribution in [0.2, 0.25) is 0 Å². The second-order valence-electron chi connectivity index (χ2n) is 8.27. The lowest BCUT2D eigenvalue weighted by Crippen LogP contribution is -2.48. The van der Waals surface area contributed by atoms with E-state index in [9.17, 15) is 9.59 Å². The lowest BCUT2D eigenvalue weighted by molar-refractivity contribution is -0.162. The van der Waals surface area contributed by atoms with Gasteiger partial charge in [-0.05, 0) is 32.8 Å². The first-order valence-corrected chi connectivity index (χ1v) is 10.4. The molecule has 1 saturated heterocycles. The number of nitrogens with one attached hydrogen (secondary N) is 2. The number of esters is 2. The summed E-state index contributed by atoms with van der Waals surface area (Å²) in [4.78, 5) is 27.3.